The molecule has 1 N–H and O–H groups in total. The third-order valence-electron chi connectivity index (χ3n) is 4.67. The Morgan fingerprint density at radius 1 is 1.19 bits per heavy atom. The summed E-state index contributed by atoms with van der Waals surface area (Å²) in [6, 6.07) is 15.5. The van der Waals surface area contributed by atoms with Crippen LogP contribution < -0.4 is 10.3 Å². The zero-order valence-electron chi connectivity index (χ0n) is 17.7. The number of aromatic nitrogens is 3. The highest BCUT2D eigenvalue weighted by Gasteiger charge is 2.13. The summed E-state index contributed by atoms with van der Waals surface area (Å²) < 4.78 is 1.84. The number of nitrogens with zero attached hydrogens (tertiary/aromatic N) is 5. The number of hydrogen-bond donors (Lipinski definition) is 1. The van der Waals surface area contributed by atoms with Crippen molar-refractivity contribution in [2.75, 3.05) is 23.7 Å². The number of halogens is 1. The number of anilines is 1. The number of amides is 1. The summed E-state index contributed by atoms with van der Waals surface area (Å²) in [4.78, 5) is 14.4. The molecule has 0 saturated heterocycles. The molecule has 0 atom stereocenters. The fourth-order valence-electron chi connectivity index (χ4n) is 3.02. The molecule has 0 radical (unpaired) electrons. The Morgan fingerprint density at radius 2 is 1.94 bits per heavy atom. The maximum Gasteiger partial charge on any atom is 0.250 e. The first-order chi connectivity index (χ1) is 15.0. The molecule has 0 fully saturated rings. The molecule has 162 valence electrons. The SMILES string of the molecule is CCN(CC)c1ccc(C=NNC(=O)CSc2nnc(-c3cccc(Cl)c3)n2C)cc1. The maximum absolute atomic E-state index is 12.1. The monoisotopic (exact) mass is 456 g/mol. The van der Waals surface area contributed by atoms with Crippen molar-refractivity contribution < 1.29 is 4.79 Å². The summed E-state index contributed by atoms with van der Waals surface area (Å²) in [6.07, 6.45) is 1.63. The average molecular weight is 457 g/mol. The van der Waals surface area contributed by atoms with Crippen molar-refractivity contribution in [1.82, 2.24) is 20.2 Å². The minimum atomic E-state index is -0.215. The largest absolute Gasteiger partial charge is 0.372 e. The number of hydrogen-bond acceptors (Lipinski definition) is 6. The zero-order valence-corrected chi connectivity index (χ0v) is 19.3. The molecule has 0 unspecified atom stereocenters. The van der Waals surface area contributed by atoms with Crippen LogP contribution in [0.25, 0.3) is 11.4 Å². The molecule has 31 heavy (non-hydrogen) atoms. The minimum absolute atomic E-state index is 0.180. The Bertz CT molecular complexity index is 1050. The van der Waals surface area contributed by atoms with E-state index in [0.717, 1.165) is 24.2 Å². The van der Waals surface area contributed by atoms with Crippen molar-refractivity contribution in [2.45, 2.75) is 19.0 Å². The fraction of sp³-hybridized carbons (Fsp3) is 0.273. The van der Waals surface area contributed by atoms with E-state index >= 15 is 0 Å². The van der Waals surface area contributed by atoms with Gasteiger partial charge < -0.3 is 9.47 Å². The molecule has 0 saturated carbocycles. The van der Waals surface area contributed by atoms with Crippen LogP contribution in [-0.4, -0.2) is 45.7 Å². The van der Waals surface area contributed by atoms with Crippen LogP contribution in [0.3, 0.4) is 0 Å². The molecule has 9 heteroatoms. The lowest BCUT2D eigenvalue weighted by Gasteiger charge is -2.20. The summed E-state index contributed by atoms with van der Waals surface area (Å²) in [5.74, 6) is 0.657. The van der Waals surface area contributed by atoms with Gasteiger partial charge in [0, 0.05) is 36.4 Å². The molecular formula is C22H25ClN6OS. The van der Waals surface area contributed by atoms with Crippen LogP contribution in [0.1, 0.15) is 19.4 Å². The number of nitrogens with one attached hydrogen (secondary N) is 1. The molecule has 1 heterocycles. The predicted molar refractivity (Wildman–Crippen MR) is 128 cm³/mol. The molecule has 0 aliphatic carbocycles. The number of hydrazone groups is 1. The van der Waals surface area contributed by atoms with Gasteiger partial charge in [-0.05, 0) is 43.7 Å². The van der Waals surface area contributed by atoms with E-state index in [1.807, 2.05) is 41.9 Å². The molecule has 3 aromatic rings. The number of rotatable bonds is 9. The number of thioether (sulfide) groups is 1. The highest BCUT2D eigenvalue weighted by atomic mass is 35.5. The first kappa shape index (κ1) is 22.8. The van der Waals surface area contributed by atoms with E-state index in [2.05, 4.69) is 51.6 Å². The smallest absolute Gasteiger partial charge is 0.250 e. The molecule has 2 aromatic carbocycles. The van der Waals surface area contributed by atoms with Gasteiger partial charge in [0.2, 0.25) is 0 Å². The van der Waals surface area contributed by atoms with Gasteiger partial charge >= 0.3 is 0 Å². The van der Waals surface area contributed by atoms with Gasteiger partial charge in [-0.1, -0.05) is 47.6 Å². The second-order valence-corrected chi connectivity index (χ2v) is 8.10. The predicted octanol–water partition coefficient (Wildman–Crippen LogP) is 4.22. The highest BCUT2D eigenvalue weighted by molar-refractivity contribution is 7.99. The first-order valence-corrected chi connectivity index (χ1v) is 11.3. The molecule has 1 aromatic heterocycles. The van der Waals surface area contributed by atoms with Crippen molar-refractivity contribution in [1.29, 1.82) is 0 Å². The van der Waals surface area contributed by atoms with Gasteiger partial charge in [-0.2, -0.15) is 5.10 Å². The van der Waals surface area contributed by atoms with Crippen molar-refractivity contribution in [2.24, 2.45) is 12.1 Å². The van der Waals surface area contributed by atoms with E-state index in [1.165, 1.54) is 17.4 Å². The quantitative estimate of drug-likeness (QED) is 0.296. The van der Waals surface area contributed by atoms with Gasteiger partial charge in [-0.3, -0.25) is 4.79 Å². The number of carbonyl (C=O) groups excluding carboxylic acids is 1. The third kappa shape index (κ3) is 6.08. The topological polar surface area (TPSA) is 75.4 Å². The van der Waals surface area contributed by atoms with E-state index in [9.17, 15) is 4.79 Å². The Labute approximate surface area is 191 Å². The lowest BCUT2D eigenvalue weighted by molar-refractivity contribution is -0.118. The molecular weight excluding hydrogens is 432 g/mol. The molecule has 3 rings (SSSR count). The van der Waals surface area contributed by atoms with Crippen LogP contribution in [0.15, 0.2) is 58.8 Å². The third-order valence-corrected chi connectivity index (χ3v) is 5.93. The summed E-state index contributed by atoms with van der Waals surface area (Å²) >= 11 is 7.35. The summed E-state index contributed by atoms with van der Waals surface area (Å²) in [5, 5.41) is 13.7. The Hall–Kier alpha value is -2.84. The van der Waals surface area contributed by atoms with Crippen LogP contribution in [0.4, 0.5) is 5.69 Å². The van der Waals surface area contributed by atoms with E-state index in [1.54, 1.807) is 12.3 Å². The van der Waals surface area contributed by atoms with E-state index in [0.29, 0.717) is 16.0 Å². The van der Waals surface area contributed by atoms with Gasteiger partial charge in [0.15, 0.2) is 11.0 Å². The Kier molecular flexibility index (Phi) is 8.08. The van der Waals surface area contributed by atoms with Gasteiger partial charge in [-0.15, -0.1) is 10.2 Å². The van der Waals surface area contributed by atoms with Gasteiger partial charge in [0.05, 0.1) is 12.0 Å². The highest BCUT2D eigenvalue weighted by Crippen LogP contribution is 2.24. The summed E-state index contributed by atoms with van der Waals surface area (Å²) in [6.45, 7) is 6.19. The van der Waals surface area contributed by atoms with Crippen molar-refractivity contribution in [3.8, 4) is 11.4 Å². The van der Waals surface area contributed by atoms with Gasteiger partial charge in [-0.25, -0.2) is 5.43 Å². The van der Waals surface area contributed by atoms with Crippen molar-refractivity contribution in [3.63, 3.8) is 0 Å². The van der Waals surface area contributed by atoms with Crippen LogP contribution in [0.5, 0.6) is 0 Å². The van der Waals surface area contributed by atoms with Crippen LogP contribution in [0, 0.1) is 0 Å². The van der Waals surface area contributed by atoms with E-state index < -0.39 is 0 Å². The van der Waals surface area contributed by atoms with Gasteiger partial charge in [0.1, 0.15) is 0 Å². The number of benzene rings is 2. The fourth-order valence-corrected chi connectivity index (χ4v) is 3.91. The first-order valence-electron chi connectivity index (χ1n) is 9.96. The molecule has 1 amide bonds. The summed E-state index contributed by atoms with van der Waals surface area (Å²) in [7, 11) is 1.86. The van der Waals surface area contributed by atoms with Crippen molar-refractivity contribution >= 4 is 41.2 Å². The standard InChI is InChI=1S/C22H25ClN6OS/c1-4-29(5-2)19-11-9-16(10-12-19)14-24-25-20(30)15-31-22-27-26-21(28(22)3)17-7-6-8-18(23)13-17/h6-14H,4-5,15H2,1-3H3,(H,25,30). The van der Waals surface area contributed by atoms with Crippen LogP contribution in [-0.2, 0) is 11.8 Å². The Balaban J connectivity index is 1.52. The molecule has 0 aliphatic heterocycles. The second-order valence-electron chi connectivity index (χ2n) is 6.72. The lowest BCUT2D eigenvalue weighted by atomic mass is 10.2. The summed E-state index contributed by atoms with van der Waals surface area (Å²) in [5.41, 5.74) is 5.51. The van der Waals surface area contributed by atoms with E-state index in [4.69, 9.17) is 11.6 Å². The number of carbonyl (C=O) groups is 1. The zero-order chi connectivity index (χ0) is 22.2. The average Bonchev–Trinajstić information content (AvgIpc) is 3.14. The van der Waals surface area contributed by atoms with E-state index in [-0.39, 0.29) is 11.7 Å². The Morgan fingerprint density at radius 3 is 2.61 bits per heavy atom. The van der Waals surface area contributed by atoms with Gasteiger partial charge in [0.25, 0.3) is 5.91 Å². The second kappa shape index (κ2) is 11.0. The molecule has 0 aliphatic rings. The minimum Gasteiger partial charge on any atom is -0.372 e. The van der Waals surface area contributed by atoms with Crippen LogP contribution >= 0.6 is 23.4 Å². The van der Waals surface area contributed by atoms with Crippen LogP contribution in [0.2, 0.25) is 5.02 Å². The maximum atomic E-state index is 12.1. The molecule has 0 spiro atoms. The molecule has 7 nitrogen and oxygen atoms in total. The lowest BCUT2D eigenvalue weighted by Crippen LogP contribution is -2.21. The molecule has 0 bridgehead atoms. The normalized spacial score (nSPS) is 11.1. The van der Waals surface area contributed by atoms with Crippen molar-refractivity contribution in [3.05, 3.63) is 59.1 Å².